The minimum atomic E-state index is -0.850. The molecule has 47 heavy (non-hydrogen) atoms. The number of nitrogens with one attached hydrogen (secondary N) is 2. The van der Waals surface area contributed by atoms with Crippen LogP contribution < -0.4 is 16.4 Å². The van der Waals surface area contributed by atoms with E-state index in [0.717, 1.165) is 5.56 Å². The second-order valence-electron chi connectivity index (χ2n) is 11.4. The molecule has 0 radical (unpaired) electrons. The van der Waals surface area contributed by atoms with Gasteiger partial charge in [0.1, 0.15) is 11.9 Å². The molecule has 15 heteroatoms. The fourth-order valence-corrected chi connectivity index (χ4v) is 6.03. The molecule has 3 unspecified atom stereocenters. The van der Waals surface area contributed by atoms with Gasteiger partial charge in [-0.15, -0.1) is 5.10 Å². The summed E-state index contributed by atoms with van der Waals surface area (Å²) in [6.45, 7) is 1.97. The van der Waals surface area contributed by atoms with Crippen LogP contribution in [0.5, 0.6) is 0 Å². The van der Waals surface area contributed by atoms with E-state index in [1.54, 1.807) is 58.3 Å². The molecule has 0 saturated heterocycles. The lowest BCUT2D eigenvalue weighted by molar-refractivity contribution is 0.136. The Balaban J connectivity index is 1.30. The van der Waals surface area contributed by atoms with Gasteiger partial charge in [-0.2, -0.15) is 5.10 Å². The molecule has 238 valence electrons. The van der Waals surface area contributed by atoms with E-state index in [1.807, 2.05) is 19.1 Å². The van der Waals surface area contributed by atoms with Gasteiger partial charge >= 0.3 is 0 Å². The van der Waals surface area contributed by atoms with Crippen molar-refractivity contribution >= 4 is 28.9 Å². The number of pyridine rings is 2. The summed E-state index contributed by atoms with van der Waals surface area (Å²) >= 11 is 12.4. The molecular formula is C32H28Cl2N10O3. The summed E-state index contributed by atoms with van der Waals surface area (Å²) in [5.41, 5.74) is 4.33. The van der Waals surface area contributed by atoms with Gasteiger partial charge in [0.05, 0.1) is 53.2 Å². The Morgan fingerprint density at radius 2 is 1.85 bits per heavy atom. The number of fused-ring (bicyclic) bond motifs is 4. The third-order valence-corrected chi connectivity index (χ3v) is 8.65. The number of hydrogen-bond donors (Lipinski definition) is 3. The van der Waals surface area contributed by atoms with Gasteiger partial charge in [-0.25, -0.2) is 14.3 Å². The number of aromatic nitrogens is 9. The maximum absolute atomic E-state index is 13.8. The molecule has 3 N–H and O–H groups in total. The fraction of sp³-hybridized carbons (Fsp3) is 0.219. The molecule has 1 aliphatic rings. The number of nitrogens with zero attached hydrogens (tertiary/aromatic N) is 8. The maximum Gasteiger partial charge on any atom is 0.254 e. The van der Waals surface area contributed by atoms with E-state index in [9.17, 15) is 14.7 Å². The van der Waals surface area contributed by atoms with E-state index in [1.165, 1.54) is 23.1 Å². The summed E-state index contributed by atoms with van der Waals surface area (Å²) in [6.07, 6.45) is 9.22. The number of H-pyrrole nitrogens is 1. The van der Waals surface area contributed by atoms with Crippen LogP contribution in [0.25, 0.3) is 33.9 Å². The number of benzene rings is 1. The molecule has 0 fully saturated rings. The summed E-state index contributed by atoms with van der Waals surface area (Å²) in [7, 11) is 0. The van der Waals surface area contributed by atoms with Crippen LogP contribution in [0, 0.1) is 5.92 Å². The number of aromatic amines is 1. The van der Waals surface area contributed by atoms with Crippen LogP contribution in [0.2, 0.25) is 10.2 Å². The van der Waals surface area contributed by atoms with Crippen LogP contribution in [-0.4, -0.2) is 55.6 Å². The topological polar surface area (TPSA) is 161 Å². The van der Waals surface area contributed by atoms with E-state index in [-0.39, 0.29) is 22.2 Å². The van der Waals surface area contributed by atoms with E-state index in [4.69, 9.17) is 28.3 Å². The predicted octanol–water partition coefficient (Wildman–Crippen LogP) is 4.87. The van der Waals surface area contributed by atoms with Gasteiger partial charge in [0, 0.05) is 46.6 Å². The zero-order chi connectivity index (χ0) is 32.7. The first-order chi connectivity index (χ1) is 22.7. The lowest BCUT2D eigenvalue weighted by atomic mass is 9.96. The largest absolute Gasteiger partial charge is 0.374 e. The molecule has 0 spiro atoms. The molecule has 1 aromatic carbocycles. The van der Waals surface area contributed by atoms with Crippen molar-refractivity contribution in [2.45, 2.75) is 38.5 Å². The zero-order valence-corrected chi connectivity index (χ0v) is 26.5. The Kier molecular flexibility index (Phi) is 8.18. The molecular weight excluding hydrogens is 643 g/mol. The predicted molar refractivity (Wildman–Crippen MR) is 177 cm³/mol. The van der Waals surface area contributed by atoms with Crippen LogP contribution in [0.15, 0.2) is 89.2 Å². The Hall–Kier alpha value is -5.11. The SMILES string of the molecule is CC1CCCC(n2cnc(-c3cc(Cl)ccc3-n3cc(Cl)nn3)cc2=O)c2cc(ccn2)-c2nn(-c3ccc(=O)[nH]c3)cc2NC1O. The highest BCUT2D eigenvalue weighted by molar-refractivity contribution is 6.31. The van der Waals surface area contributed by atoms with Crippen molar-refractivity contribution in [1.29, 1.82) is 0 Å². The summed E-state index contributed by atoms with van der Waals surface area (Å²) in [6, 6.07) is 13.0. The van der Waals surface area contributed by atoms with Gasteiger partial charge in [-0.05, 0) is 49.2 Å². The molecule has 5 aromatic heterocycles. The van der Waals surface area contributed by atoms with Crippen molar-refractivity contribution in [1.82, 2.24) is 44.3 Å². The van der Waals surface area contributed by atoms with Crippen LogP contribution in [0.3, 0.4) is 0 Å². The molecule has 3 atom stereocenters. The Bertz CT molecular complexity index is 2190. The van der Waals surface area contributed by atoms with Crippen molar-refractivity contribution in [3.63, 3.8) is 0 Å². The van der Waals surface area contributed by atoms with Gasteiger partial charge < -0.3 is 15.4 Å². The van der Waals surface area contributed by atoms with E-state index in [0.29, 0.717) is 64.0 Å². The molecule has 0 aliphatic carbocycles. The molecule has 0 saturated carbocycles. The highest BCUT2D eigenvalue weighted by atomic mass is 35.5. The molecule has 7 rings (SSSR count). The first-order valence-electron chi connectivity index (χ1n) is 14.9. The van der Waals surface area contributed by atoms with Crippen molar-refractivity contribution in [3.05, 3.63) is 116 Å². The van der Waals surface area contributed by atoms with Crippen LogP contribution in [0.4, 0.5) is 5.69 Å². The molecule has 13 nitrogen and oxygen atoms in total. The molecule has 1 aliphatic heterocycles. The Labute approximate surface area is 277 Å². The van der Waals surface area contributed by atoms with Crippen LogP contribution >= 0.6 is 23.2 Å². The van der Waals surface area contributed by atoms with E-state index in [2.05, 4.69) is 30.6 Å². The number of rotatable bonds is 4. The summed E-state index contributed by atoms with van der Waals surface area (Å²) in [4.78, 5) is 37.5. The van der Waals surface area contributed by atoms with Gasteiger partial charge in [-0.1, -0.05) is 41.8 Å². The second-order valence-corrected chi connectivity index (χ2v) is 12.2. The highest BCUT2D eigenvalue weighted by Gasteiger charge is 2.25. The zero-order valence-electron chi connectivity index (χ0n) is 25.0. The maximum atomic E-state index is 13.8. The first kappa shape index (κ1) is 30.5. The van der Waals surface area contributed by atoms with Gasteiger partial charge in [0.25, 0.3) is 5.56 Å². The minimum Gasteiger partial charge on any atom is -0.374 e. The Morgan fingerprint density at radius 1 is 0.979 bits per heavy atom. The number of aliphatic hydroxyl groups excluding tert-OH is 1. The Morgan fingerprint density at radius 3 is 2.62 bits per heavy atom. The van der Waals surface area contributed by atoms with Gasteiger partial charge in [-0.3, -0.25) is 19.1 Å². The van der Waals surface area contributed by atoms with Gasteiger partial charge in [0.2, 0.25) is 5.56 Å². The standard InChI is InChI=1S/C32H28Cl2N10O3/c1-18-3-2-4-27(42-17-37-23(13-30(42)46)22-12-20(33)5-7-26(22)44-16-28(34)39-41-44)24-11-19(9-10-35-24)31-25(38-32(18)47)15-43(40-31)21-6-8-29(45)36-14-21/h5-18,27,32,38,47H,2-4H2,1H3,(H,36,45). The van der Waals surface area contributed by atoms with Gasteiger partial charge in [0.15, 0.2) is 5.15 Å². The number of anilines is 1. The fourth-order valence-electron chi connectivity index (χ4n) is 5.74. The average molecular weight is 672 g/mol. The smallest absolute Gasteiger partial charge is 0.254 e. The number of halogens is 2. The number of aliphatic hydroxyl groups is 1. The van der Waals surface area contributed by atoms with Crippen LogP contribution in [-0.2, 0) is 0 Å². The summed E-state index contributed by atoms with van der Waals surface area (Å²) in [5.74, 6) is -0.116. The lowest BCUT2D eigenvalue weighted by Gasteiger charge is -2.24. The third-order valence-electron chi connectivity index (χ3n) is 8.24. The first-order valence-corrected chi connectivity index (χ1v) is 15.6. The molecule has 6 aromatic rings. The number of hydrogen-bond acceptors (Lipinski definition) is 9. The lowest BCUT2D eigenvalue weighted by Crippen LogP contribution is -2.29. The van der Waals surface area contributed by atoms with Crippen molar-refractivity contribution in [2.24, 2.45) is 5.92 Å². The highest BCUT2D eigenvalue weighted by Crippen LogP contribution is 2.34. The monoisotopic (exact) mass is 670 g/mol. The van der Waals surface area contributed by atoms with E-state index < -0.39 is 12.3 Å². The van der Waals surface area contributed by atoms with Crippen molar-refractivity contribution in [3.8, 4) is 33.9 Å². The normalized spacial score (nSPS) is 18.1. The minimum absolute atomic E-state index is 0.116. The third kappa shape index (κ3) is 6.20. The molecule has 0 amide bonds. The van der Waals surface area contributed by atoms with E-state index >= 15 is 0 Å². The summed E-state index contributed by atoms with van der Waals surface area (Å²) in [5, 5.41) is 27.7. The average Bonchev–Trinajstić information content (AvgIpc) is 3.69. The van der Waals surface area contributed by atoms with Crippen molar-refractivity contribution < 1.29 is 5.11 Å². The quantitative estimate of drug-likeness (QED) is 0.237. The summed E-state index contributed by atoms with van der Waals surface area (Å²) < 4.78 is 4.71. The second kappa shape index (κ2) is 12.6. The van der Waals surface area contributed by atoms with Crippen LogP contribution in [0.1, 0.15) is 37.9 Å². The molecule has 6 heterocycles. The van der Waals surface area contributed by atoms with Crippen molar-refractivity contribution in [2.75, 3.05) is 5.32 Å². The molecule has 2 bridgehead atoms.